The topological polar surface area (TPSA) is 142 Å². The zero-order valence-electron chi connectivity index (χ0n) is 24.5. The van der Waals surface area contributed by atoms with E-state index in [-0.39, 0.29) is 47.3 Å². The lowest BCUT2D eigenvalue weighted by Crippen LogP contribution is -2.44. The van der Waals surface area contributed by atoms with Gasteiger partial charge in [-0.05, 0) is 68.9 Å². The summed E-state index contributed by atoms with van der Waals surface area (Å²) in [6.45, 7) is 1.16. The standard InChI is InChI=1S/C32H30ClF2N5O5/c1-31(30(36)42)14-45-28-20(31)10-25(38-27(28)19-9-23(35)21(33)11-22(19)34)32(43,17-3-4-17)13-37-29(41)15-7-16-12-40(18-5-6-18)39-26(16)24(8-15)44-2/h7-12,17-18,43H,3-6,13-14H2,1-2H3,(H2,36,42)(H,37,41)/t31-,32?/m0/s1. The van der Waals surface area contributed by atoms with Gasteiger partial charge in [0.15, 0.2) is 0 Å². The molecule has 2 aromatic carbocycles. The number of halogens is 3. The number of primary amides is 1. The third kappa shape index (κ3) is 4.87. The first-order valence-electron chi connectivity index (χ1n) is 14.6. The van der Waals surface area contributed by atoms with E-state index in [4.69, 9.17) is 26.8 Å². The fraction of sp³-hybridized carbons (Fsp3) is 0.375. The van der Waals surface area contributed by atoms with Crippen LogP contribution >= 0.6 is 11.6 Å². The second-order valence-electron chi connectivity index (χ2n) is 12.3. The summed E-state index contributed by atoms with van der Waals surface area (Å²) in [6, 6.07) is 6.87. The van der Waals surface area contributed by atoms with Crippen molar-refractivity contribution in [3.63, 3.8) is 0 Å². The van der Waals surface area contributed by atoms with Gasteiger partial charge in [-0.15, -0.1) is 0 Å². The highest BCUT2D eigenvalue weighted by Gasteiger charge is 2.50. The smallest absolute Gasteiger partial charge is 0.251 e. The molecule has 10 nitrogen and oxygen atoms in total. The van der Waals surface area contributed by atoms with Gasteiger partial charge in [0.25, 0.3) is 5.91 Å². The van der Waals surface area contributed by atoms with Crippen LogP contribution in [0.1, 0.15) is 60.3 Å². The Morgan fingerprint density at radius 1 is 1.20 bits per heavy atom. The lowest BCUT2D eigenvalue weighted by Gasteiger charge is -2.30. The number of benzene rings is 2. The van der Waals surface area contributed by atoms with Gasteiger partial charge in [0.2, 0.25) is 5.91 Å². The molecule has 4 aromatic rings. The van der Waals surface area contributed by atoms with Crippen LogP contribution in [-0.2, 0) is 15.8 Å². The number of hydrogen-bond donors (Lipinski definition) is 3. The van der Waals surface area contributed by atoms with Crippen LogP contribution in [0.15, 0.2) is 36.5 Å². The average Bonchev–Trinajstić information content (AvgIpc) is 3.96. The SMILES string of the molecule is COc1cc(C(=O)NCC(O)(c2cc3c(c(-c4cc(F)c(Cl)cc4F)n2)OC[C@]3(C)C(N)=O)C2CC2)cc2cn(C3CC3)nc12. The highest BCUT2D eigenvalue weighted by Crippen LogP contribution is 2.50. The van der Waals surface area contributed by atoms with Gasteiger partial charge in [0.05, 0.1) is 30.4 Å². The maximum atomic E-state index is 15.2. The molecule has 0 bridgehead atoms. The first-order chi connectivity index (χ1) is 21.4. The predicted octanol–water partition coefficient (Wildman–Crippen LogP) is 4.54. The second-order valence-corrected chi connectivity index (χ2v) is 12.7. The lowest BCUT2D eigenvalue weighted by molar-refractivity contribution is -0.123. The number of nitrogens with zero attached hydrogens (tertiary/aromatic N) is 3. The van der Waals surface area contributed by atoms with E-state index in [9.17, 15) is 19.1 Å². The molecule has 234 valence electrons. The Morgan fingerprint density at radius 3 is 2.62 bits per heavy atom. The van der Waals surface area contributed by atoms with Crippen LogP contribution in [-0.4, -0.2) is 51.9 Å². The van der Waals surface area contributed by atoms with Crippen molar-refractivity contribution in [2.75, 3.05) is 20.3 Å². The van der Waals surface area contributed by atoms with Gasteiger partial charge in [-0.25, -0.2) is 13.8 Å². The highest BCUT2D eigenvalue weighted by atomic mass is 35.5. The van der Waals surface area contributed by atoms with Gasteiger partial charge in [0, 0.05) is 28.3 Å². The van der Waals surface area contributed by atoms with E-state index in [1.54, 1.807) is 19.1 Å². The summed E-state index contributed by atoms with van der Waals surface area (Å²) in [6.07, 6.45) is 5.25. The summed E-state index contributed by atoms with van der Waals surface area (Å²) in [4.78, 5) is 30.7. The maximum absolute atomic E-state index is 15.2. The van der Waals surface area contributed by atoms with Crippen molar-refractivity contribution < 1.29 is 33.0 Å². The minimum absolute atomic E-state index is 0.0509. The number of ether oxygens (including phenoxy) is 2. The van der Waals surface area contributed by atoms with Crippen LogP contribution in [0.25, 0.3) is 22.2 Å². The van der Waals surface area contributed by atoms with Crippen molar-refractivity contribution >= 4 is 34.3 Å². The molecule has 0 saturated heterocycles. The zero-order chi connectivity index (χ0) is 31.8. The van der Waals surface area contributed by atoms with Gasteiger partial charge in [0.1, 0.15) is 52.0 Å². The molecule has 2 aliphatic carbocycles. The highest BCUT2D eigenvalue weighted by molar-refractivity contribution is 6.30. The first kappa shape index (κ1) is 29.4. The molecule has 4 N–H and O–H groups in total. The van der Waals surface area contributed by atoms with E-state index in [1.165, 1.54) is 13.2 Å². The molecule has 0 radical (unpaired) electrons. The monoisotopic (exact) mass is 637 g/mol. The van der Waals surface area contributed by atoms with Crippen LogP contribution in [0.5, 0.6) is 11.5 Å². The number of nitrogens with one attached hydrogen (secondary N) is 1. The number of amides is 2. The van der Waals surface area contributed by atoms with E-state index < -0.39 is 39.5 Å². The Hall–Kier alpha value is -4.29. The fourth-order valence-electron chi connectivity index (χ4n) is 5.95. The van der Waals surface area contributed by atoms with Crippen molar-refractivity contribution in [2.45, 2.75) is 49.7 Å². The van der Waals surface area contributed by atoms with Crippen molar-refractivity contribution in [2.24, 2.45) is 11.7 Å². The summed E-state index contributed by atoms with van der Waals surface area (Å²) in [5.74, 6) is -2.74. The normalized spacial score (nSPS) is 20.4. The van der Waals surface area contributed by atoms with E-state index in [0.29, 0.717) is 35.7 Å². The van der Waals surface area contributed by atoms with E-state index >= 15 is 4.39 Å². The molecular weight excluding hydrogens is 608 g/mol. The number of methoxy groups -OCH3 is 1. The summed E-state index contributed by atoms with van der Waals surface area (Å²) >= 11 is 5.80. The van der Waals surface area contributed by atoms with E-state index in [0.717, 1.165) is 30.4 Å². The number of carbonyl (C=O) groups is 2. The molecule has 2 aromatic heterocycles. The van der Waals surface area contributed by atoms with Gasteiger partial charge in [-0.2, -0.15) is 5.10 Å². The maximum Gasteiger partial charge on any atom is 0.251 e. The van der Waals surface area contributed by atoms with Gasteiger partial charge in [-0.3, -0.25) is 14.3 Å². The minimum atomic E-state index is -1.73. The zero-order valence-corrected chi connectivity index (χ0v) is 25.3. The van der Waals surface area contributed by atoms with Crippen LogP contribution in [0.4, 0.5) is 8.78 Å². The van der Waals surface area contributed by atoms with Crippen LogP contribution in [0, 0.1) is 17.6 Å². The molecule has 2 saturated carbocycles. The number of aliphatic hydroxyl groups is 1. The quantitative estimate of drug-likeness (QED) is 0.229. The molecule has 45 heavy (non-hydrogen) atoms. The average molecular weight is 638 g/mol. The second kappa shape index (κ2) is 10.4. The first-order valence-corrected chi connectivity index (χ1v) is 15.0. The molecule has 3 heterocycles. The van der Waals surface area contributed by atoms with Crippen molar-refractivity contribution in [3.05, 3.63) is 70.0 Å². The molecule has 1 unspecified atom stereocenters. The number of fused-ring (bicyclic) bond motifs is 2. The third-order valence-corrected chi connectivity index (χ3v) is 9.38. The van der Waals surface area contributed by atoms with Crippen LogP contribution in [0.3, 0.4) is 0 Å². The predicted molar refractivity (Wildman–Crippen MR) is 160 cm³/mol. The van der Waals surface area contributed by atoms with Crippen LogP contribution in [0.2, 0.25) is 5.02 Å². The Balaban J connectivity index is 1.27. The Bertz CT molecular complexity index is 1910. The molecule has 0 spiro atoms. The summed E-state index contributed by atoms with van der Waals surface area (Å²) in [5, 5.41) is 20.0. The van der Waals surface area contributed by atoms with Gasteiger partial charge in [-0.1, -0.05) is 11.6 Å². The number of rotatable bonds is 9. The fourth-order valence-corrected chi connectivity index (χ4v) is 6.10. The van der Waals surface area contributed by atoms with Crippen LogP contribution < -0.4 is 20.5 Å². The number of hydrogen-bond acceptors (Lipinski definition) is 7. The Labute approximate surface area is 261 Å². The summed E-state index contributed by atoms with van der Waals surface area (Å²) < 4.78 is 43.0. The van der Waals surface area contributed by atoms with Gasteiger partial charge < -0.3 is 25.6 Å². The van der Waals surface area contributed by atoms with E-state index in [2.05, 4.69) is 15.4 Å². The molecule has 13 heteroatoms. The van der Waals surface area contributed by atoms with Crippen molar-refractivity contribution in [3.8, 4) is 22.8 Å². The molecule has 2 atom stereocenters. The summed E-state index contributed by atoms with van der Waals surface area (Å²) in [5.41, 5.74) is 3.61. The largest absolute Gasteiger partial charge is 0.494 e. The lowest BCUT2D eigenvalue weighted by atomic mass is 9.81. The van der Waals surface area contributed by atoms with Gasteiger partial charge >= 0.3 is 0 Å². The molecule has 1 aliphatic heterocycles. The number of aromatic nitrogens is 3. The summed E-state index contributed by atoms with van der Waals surface area (Å²) in [7, 11) is 1.51. The molecule has 2 fully saturated rings. The molecular formula is C32H30ClF2N5O5. The Kier molecular flexibility index (Phi) is 6.79. The van der Waals surface area contributed by atoms with Crippen molar-refractivity contribution in [1.29, 1.82) is 0 Å². The van der Waals surface area contributed by atoms with Crippen molar-refractivity contribution in [1.82, 2.24) is 20.1 Å². The third-order valence-electron chi connectivity index (χ3n) is 9.09. The minimum Gasteiger partial charge on any atom is -0.494 e. The Morgan fingerprint density at radius 2 is 1.96 bits per heavy atom. The molecule has 2 amide bonds. The molecule has 7 rings (SSSR count). The number of nitrogens with two attached hydrogens (primary N) is 1. The number of pyridine rings is 1. The van der Waals surface area contributed by atoms with E-state index in [1.807, 2.05) is 10.9 Å². The number of carbonyl (C=O) groups excluding carboxylic acids is 2. The molecule has 3 aliphatic rings.